The summed E-state index contributed by atoms with van der Waals surface area (Å²) in [4.78, 5) is 4.79. The average Bonchev–Trinajstić information content (AvgIpc) is 2.78. The van der Waals surface area contributed by atoms with Crippen LogP contribution in [0, 0.1) is 6.92 Å². The third-order valence-electron chi connectivity index (χ3n) is 3.38. The van der Waals surface area contributed by atoms with Crippen LogP contribution >= 0.6 is 11.3 Å². The number of para-hydroxylation sites is 1. The molecule has 0 fully saturated rings. The fraction of sp³-hybridized carbons (Fsp3) is 0.0625. The van der Waals surface area contributed by atoms with Crippen molar-refractivity contribution < 1.29 is 0 Å². The van der Waals surface area contributed by atoms with E-state index >= 15 is 0 Å². The maximum atomic E-state index is 4.79. The van der Waals surface area contributed by atoms with Crippen LogP contribution in [0.15, 0.2) is 47.8 Å². The molecule has 0 aromatic heterocycles. The zero-order valence-corrected chi connectivity index (χ0v) is 10.8. The van der Waals surface area contributed by atoms with Crippen molar-refractivity contribution in [1.82, 2.24) is 4.98 Å². The summed E-state index contributed by atoms with van der Waals surface area (Å²) >= 11 is 1.79. The van der Waals surface area contributed by atoms with Crippen LogP contribution in [0.3, 0.4) is 0 Å². The van der Waals surface area contributed by atoms with Gasteiger partial charge in [0.1, 0.15) is 0 Å². The van der Waals surface area contributed by atoms with Crippen LogP contribution in [0.5, 0.6) is 0 Å². The zero-order chi connectivity index (χ0) is 12.1. The maximum Gasteiger partial charge on any atom is 0.0811 e. The largest absolute Gasteiger partial charge is 0.247 e. The summed E-state index contributed by atoms with van der Waals surface area (Å²) in [5.74, 6) is 0. The summed E-state index contributed by atoms with van der Waals surface area (Å²) < 4.78 is 1.30. The number of fused-ring (bicyclic) bond motifs is 5. The summed E-state index contributed by atoms with van der Waals surface area (Å²) in [7, 11) is 0. The lowest BCUT2D eigenvalue weighted by atomic mass is 10.1. The molecule has 86 valence electrons. The van der Waals surface area contributed by atoms with Gasteiger partial charge in [0.25, 0.3) is 0 Å². The Labute approximate surface area is 109 Å². The van der Waals surface area contributed by atoms with E-state index < -0.39 is 0 Å². The van der Waals surface area contributed by atoms with Gasteiger partial charge in [0.05, 0.1) is 11.2 Å². The van der Waals surface area contributed by atoms with E-state index in [1.165, 1.54) is 26.6 Å². The fourth-order valence-electron chi connectivity index (χ4n) is 2.49. The highest BCUT2D eigenvalue weighted by atomic mass is 32.1. The van der Waals surface area contributed by atoms with E-state index in [0.29, 0.717) is 0 Å². The third-order valence-corrected chi connectivity index (χ3v) is 4.34. The molecule has 0 aliphatic carbocycles. The Morgan fingerprint density at radius 3 is 2.83 bits per heavy atom. The number of nitrogens with zero attached hydrogens (tertiary/aromatic N) is 1. The summed E-state index contributed by atoms with van der Waals surface area (Å²) in [6.45, 7) is 2.13. The molecule has 0 spiro atoms. The van der Waals surface area contributed by atoms with E-state index in [1.54, 1.807) is 11.3 Å². The highest BCUT2D eigenvalue weighted by Gasteiger charge is 2.14. The molecule has 0 bridgehead atoms. The molecule has 2 aliphatic rings. The van der Waals surface area contributed by atoms with Crippen molar-refractivity contribution in [3.8, 4) is 11.3 Å². The van der Waals surface area contributed by atoms with Crippen LogP contribution in [0.1, 0.15) is 5.56 Å². The first kappa shape index (κ1) is 10.0. The van der Waals surface area contributed by atoms with Gasteiger partial charge >= 0.3 is 0 Å². The van der Waals surface area contributed by atoms with E-state index in [9.17, 15) is 0 Å². The molecule has 2 aromatic carbocycles. The van der Waals surface area contributed by atoms with Crippen molar-refractivity contribution in [2.45, 2.75) is 6.92 Å². The molecule has 0 saturated carbocycles. The van der Waals surface area contributed by atoms with E-state index in [4.69, 9.17) is 4.98 Å². The molecular formula is C16H11NS. The Morgan fingerprint density at radius 2 is 1.89 bits per heavy atom. The van der Waals surface area contributed by atoms with Gasteiger partial charge in [-0.05, 0) is 25.1 Å². The summed E-state index contributed by atoms with van der Waals surface area (Å²) in [6.07, 6.45) is 0. The molecule has 1 nitrogen and oxygen atoms in total. The molecule has 0 saturated heterocycles. The van der Waals surface area contributed by atoms with Crippen molar-refractivity contribution >= 4 is 32.3 Å². The monoisotopic (exact) mass is 249 g/mol. The molecule has 18 heavy (non-hydrogen) atoms. The summed E-state index contributed by atoms with van der Waals surface area (Å²) in [6, 6.07) is 14.9. The topological polar surface area (TPSA) is 12.9 Å². The van der Waals surface area contributed by atoms with Gasteiger partial charge in [0.2, 0.25) is 0 Å². The Balaban J connectivity index is 2.25. The van der Waals surface area contributed by atoms with Crippen molar-refractivity contribution in [2.75, 3.05) is 0 Å². The third kappa shape index (κ3) is 1.30. The van der Waals surface area contributed by atoms with E-state index in [0.717, 1.165) is 11.2 Å². The number of hydrogen-bond donors (Lipinski definition) is 0. The first-order chi connectivity index (χ1) is 8.83. The highest BCUT2D eigenvalue weighted by molar-refractivity contribution is 7.17. The second-order valence-electron chi connectivity index (χ2n) is 4.63. The minimum absolute atomic E-state index is 1.09. The lowest BCUT2D eigenvalue weighted by Gasteiger charge is -2.04. The highest BCUT2D eigenvalue weighted by Crippen LogP contribution is 2.38. The first-order valence-electron chi connectivity index (χ1n) is 5.99. The van der Waals surface area contributed by atoms with Gasteiger partial charge in [-0.1, -0.05) is 29.8 Å². The molecule has 2 aliphatic heterocycles. The van der Waals surface area contributed by atoms with E-state index in [-0.39, 0.29) is 0 Å². The van der Waals surface area contributed by atoms with Gasteiger partial charge in [0.15, 0.2) is 0 Å². The Bertz CT molecular complexity index is 844. The molecule has 0 amide bonds. The van der Waals surface area contributed by atoms with Crippen molar-refractivity contribution in [3.63, 3.8) is 0 Å². The van der Waals surface area contributed by atoms with Gasteiger partial charge in [-0.25, -0.2) is 4.98 Å². The number of aromatic nitrogens is 1. The molecule has 2 aromatic rings. The number of rotatable bonds is 0. The van der Waals surface area contributed by atoms with Crippen LogP contribution < -0.4 is 0 Å². The molecule has 4 rings (SSSR count). The lowest BCUT2D eigenvalue weighted by molar-refractivity contribution is 1.47. The van der Waals surface area contributed by atoms with Gasteiger partial charge in [0, 0.05) is 26.4 Å². The molecule has 0 unspecified atom stereocenters. The second kappa shape index (κ2) is 3.53. The summed E-state index contributed by atoms with van der Waals surface area (Å²) in [5, 5.41) is 4.75. The molecule has 2 heterocycles. The number of benzene rings is 2. The van der Waals surface area contributed by atoms with Gasteiger partial charge in [-0.15, -0.1) is 11.3 Å². The molecule has 0 radical (unpaired) electrons. The van der Waals surface area contributed by atoms with Gasteiger partial charge in [-0.3, -0.25) is 0 Å². The van der Waals surface area contributed by atoms with Crippen molar-refractivity contribution in [2.24, 2.45) is 0 Å². The Morgan fingerprint density at radius 1 is 1.00 bits per heavy atom. The zero-order valence-electron chi connectivity index (χ0n) is 9.97. The first-order valence-corrected chi connectivity index (χ1v) is 6.87. The van der Waals surface area contributed by atoms with Crippen LogP contribution in [-0.2, 0) is 0 Å². The summed E-state index contributed by atoms with van der Waals surface area (Å²) in [5.41, 5.74) is 4.78. The van der Waals surface area contributed by atoms with Crippen molar-refractivity contribution in [1.29, 1.82) is 0 Å². The van der Waals surface area contributed by atoms with Crippen molar-refractivity contribution in [3.05, 3.63) is 53.4 Å². The molecular weight excluding hydrogens is 238 g/mol. The lowest BCUT2D eigenvalue weighted by Crippen LogP contribution is -1.80. The molecule has 0 atom stereocenters. The normalized spacial score (nSPS) is 11.6. The standard InChI is InChI=1S/C16H11NS/c1-10-6-7-15-12(8-10)16-13(9-18-15)11-4-2-3-5-14(11)17-16/h2-9H,1H3. The van der Waals surface area contributed by atoms with Crippen LogP contribution in [0.25, 0.3) is 32.2 Å². The number of hydrogen-bond acceptors (Lipinski definition) is 2. The Hall–Kier alpha value is -1.93. The minimum Gasteiger partial charge on any atom is -0.247 e. The van der Waals surface area contributed by atoms with Gasteiger partial charge < -0.3 is 0 Å². The SMILES string of the molecule is Cc1ccc2scc3c4ccccc4nc-3c2c1. The number of aryl methyl sites for hydroxylation is 1. The fourth-order valence-corrected chi connectivity index (χ4v) is 3.40. The minimum atomic E-state index is 1.09. The quantitative estimate of drug-likeness (QED) is 0.433. The predicted octanol–water partition coefficient (Wildman–Crippen LogP) is 4.86. The van der Waals surface area contributed by atoms with Crippen LogP contribution in [0.4, 0.5) is 0 Å². The molecule has 2 heteroatoms. The molecule has 0 N–H and O–H groups in total. The van der Waals surface area contributed by atoms with Gasteiger partial charge in [-0.2, -0.15) is 0 Å². The second-order valence-corrected chi connectivity index (χ2v) is 5.54. The Kier molecular flexibility index (Phi) is 1.97. The maximum absolute atomic E-state index is 4.79. The van der Waals surface area contributed by atoms with E-state index in [2.05, 4.69) is 48.7 Å². The van der Waals surface area contributed by atoms with E-state index in [1.807, 2.05) is 6.07 Å². The smallest absolute Gasteiger partial charge is 0.0811 e. The predicted molar refractivity (Wildman–Crippen MR) is 78.5 cm³/mol. The average molecular weight is 249 g/mol. The van der Waals surface area contributed by atoms with Crippen LogP contribution in [-0.4, -0.2) is 4.98 Å². The van der Waals surface area contributed by atoms with Crippen LogP contribution in [0.2, 0.25) is 0 Å².